The van der Waals surface area contributed by atoms with Crippen LogP contribution in [0.4, 0.5) is 0 Å². The van der Waals surface area contributed by atoms with E-state index >= 15 is 0 Å². The van der Waals surface area contributed by atoms with Crippen molar-refractivity contribution in [3.05, 3.63) is 36.0 Å². The molecule has 1 aliphatic heterocycles. The summed E-state index contributed by atoms with van der Waals surface area (Å²) in [6.07, 6.45) is 6.83. The van der Waals surface area contributed by atoms with Crippen LogP contribution in [0.1, 0.15) is 42.6 Å². The lowest BCUT2D eigenvalue weighted by Crippen LogP contribution is -2.52. The van der Waals surface area contributed by atoms with Gasteiger partial charge in [0.15, 0.2) is 0 Å². The summed E-state index contributed by atoms with van der Waals surface area (Å²) in [6, 6.07) is 10.8. The van der Waals surface area contributed by atoms with Crippen molar-refractivity contribution in [2.24, 2.45) is 0 Å². The fourth-order valence-electron chi connectivity index (χ4n) is 4.10. The predicted octanol–water partition coefficient (Wildman–Crippen LogP) is 3.26. The van der Waals surface area contributed by atoms with Gasteiger partial charge in [-0.1, -0.05) is 37.5 Å². The van der Waals surface area contributed by atoms with Crippen molar-refractivity contribution in [3.8, 4) is 0 Å². The monoisotopic (exact) mass is 311 g/mol. The van der Waals surface area contributed by atoms with Crippen LogP contribution in [0.3, 0.4) is 0 Å². The highest BCUT2D eigenvalue weighted by atomic mass is 16.2. The molecule has 0 unspecified atom stereocenters. The van der Waals surface area contributed by atoms with Crippen molar-refractivity contribution in [1.82, 2.24) is 14.8 Å². The molecular weight excluding hydrogens is 286 g/mol. The third-order valence-corrected chi connectivity index (χ3v) is 5.45. The Labute approximate surface area is 137 Å². The summed E-state index contributed by atoms with van der Waals surface area (Å²) >= 11 is 0. The normalized spacial score (nSPS) is 21.0. The topological polar surface area (TPSA) is 39.3 Å². The van der Waals surface area contributed by atoms with Crippen LogP contribution in [0.25, 0.3) is 10.9 Å². The Morgan fingerprint density at radius 1 is 1.00 bits per heavy atom. The Morgan fingerprint density at radius 3 is 2.48 bits per heavy atom. The minimum absolute atomic E-state index is 0.143. The van der Waals surface area contributed by atoms with Gasteiger partial charge in [-0.15, -0.1) is 0 Å². The molecule has 1 N–H and O–H groups in total. The minimum atomic E-state index is 0.143. The zero-order valence-electron chi connectivity index (χ0n) is 13.6. The molecule has 2 aromatic rings. The van der Waals surface area contributed by atoms with E-state index in [1.165, 1.54) is 32.1 Å². The molecule has 122 valence electrons. The van der Waals surface area contributed by atoms with E-state index in [2.05, 4.69) is 9.88 Å². The number of piperazine rings is 1. The van der Waals surface area contributed by atoms with Crippen molar-refractivity contribution in [3.63, 3.8) is 0 Å². The molecule has 1 saturated heterocycles. The molecule has 1 aliphatic carbocycles. The zero-order chi connectivity index (χ0) is 15.6. The third kappa shape index (κ3) is 3.00. The second-order valence-corrected chi connectivity index (χ2v) is 6.89. The molecule has 4 heteroatoms. The van der Waals surface area contributed by atoms with Gasteiger partial charge in [-0.05, 0) is 25.0 Å². The molecular formula is C19H25N3O. The Hall–Kier alpha value is -1.81. The van der Waals surface area contributed by atoms with E-state index in [1.54, 1.807) is 0 Å². The highest BCUT2D eigenvalue weighted by Gasteiger charge is 2.27. The lowest BCUT2D eigenvalue weighted by Gasteiger charge is -2.40. The molecule has 4 nitrogen and oxygen atoms in total. The number of fused-ring (bicyclic) bond motifs is 1. The maximum atomic E-state index is 12.7. The van der Waals surface area contributed by atoms with Gasteiger partial charge in [0.1, 0.15) is 5.69 Å². The number of benzene rings is 1. The molecule has 0 spiro atoms. The van der Waals surface area contributed by atoms with Gasteiger partial charge in [0.2, 0.25) is 0 Å². The Bertz CT molecular complexity index is 646. The number of aromatic nitrogens is 1. The van der Waals surface area contributed by atoms with Crippen LogP contribution >= 0.6 is 0 Å². The number of rotatable bonds is 2. The first-order chi connectivity index (χ1) is 11.3. The van der Waals surface area contributed by atoms with E-state index in [0.29, 0.717) is 0 Å². The minimum Gasteiger partial charge on any atom is -0.351 e. The third-order valence-electron chi connectivity index (χ3n) is 5.45. The van der Waals surface area contributed by atoms with Gasteiger partial charge in [-0.2, -0.15) is 0 Å². The van der Waals surface area contributed by atoms with Crippen LogP contribution in [0.15, 0.2) is 30.3 Å². The molecule has 2 aliphatic rings. The van der Waals surface area contributed by atoms with Crippen molar-refractivity contribution in [1.29, 1.82) is 0 Å². The maximum Gasteiger partial charge on any atom is 0.270 e. The van der Waals surface area contributed by atoms with Crippen molar-refractivity contribution in [2.45, 2.75) is 38.1 Å². The van der Waals surface area contributed by atoms with Crippen LogP contribution in [-0.4, -0.2) is 52.9 Å². The van der Waals surface area contributed by atoms with E-state index < -0.39 is 0 Å². The molecule has 1 saturated carbocycles. The number of para-hydroxylation sites is 1. The van der Waals surface area contributed by atoms with E-state index in [9.17, 15) is 4.79 Å². The standard InChI is InChI=1S/C19H25N3O/c23-19(18-14-15-6-4-5-9-17(15)20-18)22-12-10-21(11-13-22)16-7-2-1-3-8-16/h4-6,9,14,16,20H,1-3,7-8,10-13H2. The average molecular weight is 311 g/mol. The number of H-pyrrole nitrogens is 1. The van der Waals surface area contributed by atoms with Crippen molar-refractivity contribution in [2.75, 3.05) is 26.2 Å². The Morgan fingerprint density at radius 2 is 1.74 bits per heavy atom. The van der Waals surface area contributed by atoms with Gasteiger partial charge >= 0.3 is 0 Å². The zero-order valence-corrected chi connectivity index (χ0v) is 13.6. The molecule has 0 atom stereocenters. The van der Waals surface area contributed by atoms with Crippen LogP contribution in [-0.2, 0) is 0 Å². The highest BCUT2D eigenvalue weighted by Crippen LogP contribution is 2.24. The largest absolute Gasteiger partial charge is 0.351 e. The smallest absolute Gasteiger partial charge is 0.270 e. The summed E-state index contributed by atoms with van der Waals surface area (Å²) in [5, 5.41) is 1.11. The van der Waals surface area contributed by atoms with E-state index in [1.807, 2.05) is 35.2 Å². The maximum absolute atomic E-state index is 12.7. The fourth-order valence-corrected chi connectivity index (χ4v) is 4.10. The number of carbonyl (C=O) groups excluding carboxylic acids is 1. The molecule has 2 heterocycles. The second-order valence-electron chi connectivity index (χ2n) is 6.89. The van der Waals surface area contributed by atoms with Gasteiger partial charge in [0.25, 0.3) is 5.91 Å². The number of carbonyl (C=O) groups is 1. The fraction of sp³-hybridized carbons (Fsp3) is 0.526. The van der Waals surface area contributed by atoms with Crippen LogP contribution in [0, 0.1) is 0 Å². The van der Waals surface area contributed by atoms with Gasteiger partial charge in [-0.3, -0.25) is 9.69 Å². The van der Waals surface area contributed by atoms with Gasteiger partial charge in [0.05, 0.1) is 0 Å². The summed E-state index contributed by atoms with van der Waals surface area (Å²) in [4.78, 5) is 20.6. The number of hydrogen-bond acceptors (Lipinski definition) is 2. The SMILES string of the molecule is O=C(c1cc2ccccc2[nH]1)N1CCN(C2CCCCC2)CC1. The quantitative estimate of drug-likeness (QED) is 0.924. The molecule has 1 aromatic heterocycles. The molecule has 23 heavy (non-hydrogen) atoms. The lowest BCUT2D eigenvalue weighted by atomic mass is 9.94. The van der Waals surface area contributed by atoms with E-state index in [4.69, 9.17) is 0 Å². The number of hydrogen-bond donors (Lipinski definition) is 1. The van der Waals surface area contributed by atoms with Crippen LogP contribution in [0.5, 0.6) is 0 Å². The molecule has 1 aromatic carbocycles. The summed E-state index contributed by atoms with van der Waals surface area (Å²) in [6.45, 7) is 3.75. The van der Waals surface area contributed by atoms with E-state index in [-0.39, 0.29) is 5.91 Å². The Kier molecular flexibility index (Phi) is 4.08. The van der Waals surface area contributed by atoms with Crippen molar-refractivity contribution < 1.29 is 4.79 Å². The number of nitrogens with zero attached hydrogens (tertiary/aromatic N) is 2. The molecule has 0 bridgehead atoms. The second kappa shape index (κ2) is 6.36. The molecule has 2 fully saturated rings. The summed E-state index contributed by atoms with van der Waals surface area (Å²) in [7, 11) is 0. The summed E-state index contributed by atoms with van der Waals surface area (Å²) < 4.78 is 0. The first-order valence-corrected chi connectivity index (χ1v) is 8.92. The van der Waals surface area contributed by atoms with Crippen LogP contribution in [0.2, 0.25) is 0 Å². The lowest BCUT2D eigenvalue weighted by molar-refractivity contribution is 0.0519. The molecule has 4 rings (SSSR count). The highest BCUT2D eigenvalue weighted by molar-refractivity contribution is 5.98. The van der Waals surface area contributed by atoms with Gasteiger partial charge in [-0.25, -0.2) is 0 Å². The van der Waals surface area contributed by atoms with Crippen molar-refractivity contribution >= 4 is 16.8 Å². The summed E-state index contributed by atoms with van der Waals surface area (Å²) in [5.41, 5.74) is 1.76. The first kappa shape index (κ1) is 14.8. The molecule has 0 radical (unpaired) electrons. The number of nitrogens with one attached hydrogen (secondary N) is 1. The number of amides is 1. The van der Waals surface area contributed by atoms with E-state index in [0.717, 1.165) is 48.8 Å². The first-order valence-electron chi connectivity index (χ1n) is 8.92. The molecule has 1 amide bonds. The van der Waals surface area contributed by atoms with Gasteiger partial charge < -0.3 is 9.88 Å². The predicted molar refractivity (Wildman–Crippen MR) is 92.6 cm³/mol. The Balaban J connectivity index is 1.40. The average Bonchev–Trinajstić information content (AvgIpc) is 3.06. The summed E-state index contributed by atoms with van der Waals surface area (Å²) in [5.74, 6) is 0.143. The van der Waals surface area contributed by atoms with Gasteiger partial charge in [0, 0.05) is 43.1 Å². The number of aromatic amines is 1. The van der Waals surface area contributed by atoms with Crippen LogP contribution < -0.4 is 0 Å².